The molecule has 32 heavy (non-hydrogen) atoms. The first kappa shape index (κ1) is 19.3. The number of amides is 2. The number of benzene rings is 1. The number of rotatable bonds is 2. The first-order valence-corrected chi connectivity index (χ1v) is 13.2. The minimum absolute atomic E-state index is 0.0498. The van der Waals surface area contributed by atoms with Gasteiger partial charge in [0.1, 0.15) is 5.82 Å². The van der Waals surface area contributed by atoms with E-state index in [1.165, 1.54) is 45.4 Å². The van der Waals surface area contributed by atoms with Crippen molar-refractivity contribution >= 4 is 51.9 Å². The first-order chi connectivity index (χ1) is 15.5. The first-order valence-electron chi connectivity index (χ1n) is 10.6. The van der Waals surface area contributed by atoms with E-state index < -0.39 is 5.82 Å². The van der Waals surface area contributed by atoms with Gasteiger partial charge in [0.05, 0.1) is 22.5 Å². The number of thiazole rings is 1. The standard InChI is InChI=1S/C23H17FN2O3S3/c24-9-3-5-10(6-4-9)26-21(27)15-11-8-12(16(15)22(26)28)18-14(11)17(13-2-1-7-30-13)19-20(31-18)25-23(29)32-19/h1-7,11-12,14-18H,8H2,(H,25,29)/t11-,12+,14+,15+,16+,17+,18-/m0/s1. The average molecular weight is 485 g/mol. The van der Waals surface area contributed by atoms with Gasteiger partial charge >= 0.3 is 4.87 Å². The molecule has 1 N–H and O–H groups in total. The summed E-state index contributed by atoms with van der Waals surface area (Å²) in [7, 11) is 0. The number of hydrogen-bond donors (Lipinski definition) is 1. The molecule has 9 heteroatoms. The predicted octanol–water partition coefficient (Wildman–Crippen LogP) is 4.31. The third kappa shape index (κ3) is 2.42. The zero-order valence-electron chi connectivity index (χ0n) is 16.6. The lowest BCUT2D eigenvalue weighted by Crippen LogP contribution is -2.42. The second-order valence-electron chi connectivity index (χ2n) is 8.96. The van der Waals surface area contributed by atoms with Gasteiger partial charge in [0.15, 0.2) is 0 Å². The van der Waals surface area contributed by atoms with Crippen LogP contribution in [0.4, 0.5) is 10.1 Å². The van der Waals surface area contributed by atoms with E-state index in [0.717, 1.165) is 16.3 Å². The molecule has 1 aromatic carbocycles. The molecule has 7 rings (SSSR count). The SMILES string of the molecule is O=C1[C@@H]2[C@H]3C[C@@H]([C@@H]4Sc5[nH]c(=O)sc5[C@H](c5cccs5)[C@@H]34)[C@H]2C(=O)N1c1ccc(F)cc1. The number of fused-ring (bicyclic) bond motifs is 9. The van der Waals surface area contributed by atoms with Crippen molar-refractivity contribution in [2.45, 2.75) is 22.6 Å². The summed E-state index contributed by atoms with van der Waals surface area (Å²) in [6.45, 7) is 0. The Kier molecular flexibility index (Phi) is 4.00. The molecule has 3 aromatic rings. The summed E-state index contributed by atoms with van der Waals surface area (Å²) in [6.07, 6.45) is 0.869. The summed E-state index contributed by atoms with van der Waals surface area (Å²) < 4.78 is 13.4. The summed E-state index contributed by atoms with van der Waals surface area (Å²) in [5, 5.41) is 3.17. The number of H-pyrrole nitrogens is 1. The zero-order valence-corrected chi connectivity index (χ0v) is 19.0. The fourth-order valence-electron chi connectivity index (χ4n) is 6.65. The molecule has 4 heterocycles. The molecule has 0 spiro atoms. The minimum atomic E-state index is -0.394. The Morgan fingerprint density at radius 2 is 1.75 bits per heavy atom. The van der Waals surface area contributed by atoms with E-state index in [1.807, 2.05) is 6.07 Å². The van der Waals surface area contributed by atoms with E-state index in [2.05, 4.69) is 16.4 Å². The van der Waals surface area contributed by atoms with E-state index in [0.29, 0.717) is 5.69 Å². The van der Waals surface area contributed by atoms with Crippen molar-refractivity contribution in [2.24, 2.45) is 29.6 Å². The molecule has 2 amide bonds. The molecule has 2 aromatic heterocycles. The van der Waals surface area contributed by atoms with Gasteiger partial charge in [-0.25, -0.2) is 4.39 Å². The van der Waals surface area contributed by atoms with Crippen LogP contribution in [0.15, 0.2) is 51.6 Å². The zero-order chi connectivity index (χ0) is 21.7. The molecule has 2 saturated carbocycles. The lowest BCUT2D eigenvalue weighted by molar-refractivity contribution is -0.123. The number of thioether (sulfide) groups is 1. The number of thiophene rings is 1. The molecule has 4 aliphatic rings. The van der Waals surface area contributed by atoms with E-state index >= 15 is 0 Å². The van der Waals surface area contributed by atoms with E-state index in [9.17, 15) is 18.8 Å². The molecule has 7 atom stereocenters. The summed E-state index contributed by atoms with van der Waals surface area (Å²) in [6, 6.07) is 9.73. The normalized spacial score (nSPS) is 34.7. The molecule has 2 bridgehead atoms. The van der Waals surface area contributed by atoms with Gasteiger partial charge < -0.3 is 4.98 Å². The third-order valence-corrected chi connectivity index (χ3v) is 11.2. The van der Waals surface area contributed by atoms with Gasteiger partial charge in [0.2, 0.25) is 11.8 Å². The molecular weight excluding hydrogens is 467 g/mol. The Balaban J connectivity index is 1.32. The van der Waals surface area contributed by atoms with Crippen LogP contribution in [-0.4, -0.2) is 22.0 Å². The Morgan fingerprint density at radius 3 is 2.47 bits per heavy atom. The van der Waals surface area contributed by atoms with Crippen LogP contribution in [0.2, 0.25) is 0 Å². The number of halogens is 1. The van der Waals surface area contributed by atoms with Crippen molar-refractivity contribution in [3.63, 3.8) is 0 Å². The Morgan fingerprint density at radius 1 is 1.00 bits per heavy atom. The van der Waals surface area contributed by atoms with Gasteiger partial charge in [-0.2, -0.15) is 0 Å². The quantitative estimate of drug-likeness (QED) is 0.550. The number of aromatic amines is 1. The van der Waals surface area contributed by atoms with Gasteiger partial charge in [0.25, 0.3) is 0 Å². The number of nitrogens with zero attached hydrogens (tertiary/aromatic N) is 1. The molecule has 162 valence electrons. The lowest BCUT2D eigenvalue weighted by Gasteiger charge is -2.42. The van der Waals surface area contributed by atoms with Gasteiger partial charge in [0, 0.05) is 20.9 Å². The average Bonchev–Trinajstić information content (AvgIpc) is 3.57. The molecule has 2 aliphatic heterocycles. The molecule has 0 radical (unpaired) electrons. The number of carbonyl (C=O) groups excluding carboxylic acids is 2. The Hall–Kier alpha value is -2.23. The number of carbonyl (C=O) groups is 2. The maximum Gasteiger partial charge on any atom is 0.305 e. The van der Waals surface area contributed by atoms with Crippen LogP contribution in [0.25, 0.3) is 0 Å². The topological polar surface area (TPSA) is 70.2 Å². The van der Waals surface area contributed by atoms with Crippen LogP contribution in [0.5, 0.6) is 0 Å². The van der Waals surface area contributed by atoms with Crippen molar-refractivity contribution in [3.8, 4) is 0 Å². The van der Waals surface area contributed by atoms with Crippen LogP contribution < -0.4 is 9.77 Å². The van der Waals surface area contributed by atoms with Gasteiger partial charge in [-0.1, -0.05) is 17.4 Å². The Bertz CT molecular complexity index is 1310. The van der Waals surface area contributed by atoms with Gasteiger partial charge in [-0.05, 0) is 59.9 Å². The van der Waals surface area contributed by atoms with Gasteiger partial charge in [-0.15, -0.1) is 23.1 Å². The monoisotopic (exact) mass is 484 g/mol. The van der Waals surface area contributed by atoms with Crippen LogP contribution >= 0.6 is 34.4 Å². The van der Waals surface area contributed by atoms with Crippen molar-refractivity contribution in [1.82, 2.24) is 4.98 Å². The molecule has 5 nitrogen and oxygen atoms in total. The fraction of sp³-hybridized carbons (Fsp3) is 0.348. The molecular formula is C23H17FN2O3S3. The molecule has 3 fully saturated rings. The van der Waals surface area contributed by atoms with Crippen molar-refractivity contribution in [2.75, 3.05) is 4.90 Å². The lowest BCUT2D eigenvalue weighted by atomic mass is 9.69. The van der Waals surface area contributed by atoms with Crippen LogP contribution in [0.1, 0.15) is 22.1 Å². The number of hydrogen-bond acceptors (Lipinski definition) is 6. The maximum absolute atomic E-state index is 13.5. The molecule has 0 unspecified atom stereocenters. The number of nitrogens with one attached hydrogen (secondary N) is 1. The maximum atomic E-state index is 13.5. The summed E-state index contributed by atoms with van der Waals surface area (Å²) in [5.74, 6) is -0.873. The summed E-state index contributed by atoms with van der Waals surface area (Å²) in [4.78, 5) is 45.7. The predicted molar refractivity (Wildman–Crippen MR) is 122 cm³/mol. The van der Waals surface area contributed by atoms with E-state index in [1.54, 1.807) is 23.1 Å². The molecule has 1 saturated heterocycles. The van der Waals surface area contributed by atoms with Crippen LogP contribution in [0.3, 0.4) is 0 Å². The smallest absolute Gasteiger partial charge is 0.305 e. The highest BCUT2D eigenvalue weighted by Crippen LogP contribution is 2.68. The third-order valence-electron chi connectivity index (χ3n) is 7.66. The van der Waals surface area contributed by atoms with Crippen LogP contribution in [-0.2, 0) is 9.59 Å². The fourth-order valence-corrected chi connectivity index (χ4v) is 10.5. The molecule has 2 aliphatic carbocycles. The number of imide groups is 1. The second kappa shape index (κ2) is 6.65. The van der Waals surface area contributed by atoms with Gasteiger partial charge in [-0.3, -0.25) is 19.3 Å². The Labute approximate surface area is 194 Å². The highest BCUT2D eigenvalue weighted by Gasteiger charge is 2.69. The van der Waals surface area contributed by atoms with E-state index in [-0.39, 0.29) is 57.4 Å². The summed E-state index contributed by atoms with van der Waals surface area (Å²) >= 11 is 4.65. The van der Waals surface area contributed by atoms with Crippen molar-refractivity contribution in [3.05, 3.63) is 67.0 Å². The van der Waals surface area contributed by atoms with Crippen molar-refractivity contribution in [1.29, 1.82) is 0 Å². The number of aromatic nitrogens is 1. The highest BCUT2D eigenvalue weighted by atomic mass is 32.2. The highest BCUT2D eigenvalue weighted by molar-refractivity contribution is 8.00. The second-order valence-corrected chi connectivity index (χ2v) is 12.1. The van der Waals surface area contributed by atoms with E-state index in [4.69, 9.17) is 0 Å². The van der Waals surface area contributed by atoms with Crippen LogP contribution in [0, 0.1) is 35.4 Å². The minimum Gasteiger partial charge on any atom is -0.307 e. The van der Waals surface area contributed by atoms with Crippen molar-refractivity contribution < 1.29 is 14.0 Å². The summed E-state index contributed by atoms with van der Waals surface area (Å²) in [5.41, 5.74) is 0.448. The largest absolute Gasteiger partial charge is 0.307 e. The number of anilines is 1.